The lowest BCUT2D eigenvalue weighted by atomic mass is 9.97. The predicted molar refractivity (Wildman–Crippen MR) is 149 cm³/mol. The number of carbonyl (C=O) groups is 1. The summed E-state index contributed by atoms with van der Waals surface area (Å²) in [6, 6.07) is 14.2. The van der Waals surface area contributed by atoms with Crippen LogP contribution in [0.4, 0.5) is 0 Å². The van der Waals surface area contributed by atoms with Crippen molar-refractivity contribution in [2.75, 3.05) is 0 Å². The monoisotopic (exact) mass is 528 g/mol. The van der Waals surface area contributed by atoms with Crippen LogP contribution in [0.2, 0.25) is 0 Å². The van der Waals surface area contributed by atoms with Gasteiger partial charge in [0.15, 0.2) is 0 Å². The van der Waals surface area contributed by atoms with Crippen molar-refractivity contribution in [1.29, 1.82) is 0 Å². The quantitative estimate of drug-likeness (QED) is 0.254. The van der Waals surface area contributed by atoms with E-state index in [0.717, 1.165) is 57.0 Å². The summed E-state index contributed by atoms with van der Waals surface area (Å²) in [7, 11) is 1.91. The topological polar surface area (TPSA) is 84.7 Å². The van der Waals surface area contributed by atoms with Crippen molar-refractivity contribution in [2.45, 2.75) is 33.0 Å². The molecule has 188 valence electrons. The van der Waals surface area contributed by atoms with E-state index in [4.69, 9.17) is 0 Å². The third-order valence-corrected chi connectivity index (χ3v) is 7.65. The van der Waals surface area contributed by atoms with Crippen LogP contribution in [-0.2, 0) is 20.1 Å². The van der Waals surface area contributed by atoms with Gasteiger partial charge >= 0.3 is 0 Å². The number of thiazole rings is 1. The van der Waals surface area contributed by atoms with Gasteiger partial charge in [-0.15, -0.1) is 11.3 Å². The number of hydrogen-bond acceptors (Lipinski definition) is 7. The van der Waals surface area contributed by atoms with E-state index >= 15 is 0 Å². The number of benzene rings is 2. The molecule has 5 aromatic rings. The molecule has 0 unspecified atom stereocenters. The van der Waals surface area contributed by atoms with Gasteiger partial charge in [-0.05, 0) is 83.5 Å². The molecule has 0 saturated heterocycles. The minimum Gasteiger partial charge on any atom is -0.346 e. The molecule has 0 fully saturated rings. The van der Waals surface area contributed by atoms with Crippen LogP contribution < -0.4 is 10.6 Å². The van der Waals surface area contributed by atoms with E-state index < -0.39 is 0 Å². The number of rotatable bonds is 9. The maximum atomic E-state index is 13.2. The molecule has 0 aliphatic carbocycles. The van der Waals surface area contributed by atoms with Crippen LogP contribution in [0.3, 0.4) is 0 Å². The van der Waals surface area contributed by atoms with E-state index in [2.05, 4.69) is 49.4 Å². The van der Waals surface area contributed by atoms with Crippen molar-refractivity contribution in [3.8, 4) is 21.6 Å². The second-order valence-corrected chi connectivity index (χ2v) is 10.6. The largest absolute Gasteiger partial charge is 0.346 e. The van der Waals surface area contributed by atoms with Gasteiger partial charge in [0.25, 0.3) is 5.91 Å². The van der Waals surface area contributed by atoms with E-state index in [0.29, 0.717) is 5.56 Å². The Morgan fingerprint density at radius 3 is 2.65 bits per heavy atom. The van der Waals surface area contributed by atoms with E-state index in [1.54, 1.807) is 16.0 Å². The smallest absolute Gasteiger partial charge is 0.252 e. The molecular weight excluding hydrogens is 500 g/mol. The summed E-state index contributed by atoms with van der Waals surface area (Å²) in [5, 5.41) is 13.0. The molecule has 0 aliphatic rings. The summed E-state index contributed by atoms with van der Waals surface area (Å²) < 4.78 is 6.06. The maximum absolute atomic E-state index is 13.2. The van der Waals surface area contributed by atoms with Crippen LogP contribution in [0.1, 0.15) is 45.7 Å². The van der Waals surface area contributed by atoms with Gasteiger partial charge in [-0.2, -0.15) is 5.10 Å². The highest BCUT2D eigenvalue weighted by Crippen LogP contribution is 2.32. The molecule has 3 aromatic heterocycles. The lowest BCUT2D eigenvalue weighted by molar-refractivity contribution is 0.0939. The molecule has 1 atom stereocenters. The third kappa shape index (κ3) is 6.02. The first-order valence-corrected chi connectivity index (χ1v) is 13.7. The lowest BCUT2D eigenvalue weighted by Gasteiger charge is -2.18. The number of hydrogen-bond donors (Lipinski definition) is 2. The fourth-order valence-electron chi connectivity index (χ4n) is 4.25. The zero-order valence-corrected chi connectivity index (χ0v) is 22.6. The number of aryl methyl sites for hydroxylation is 2. The van der Waals surface area contributed by atoms with Crippen molar-refractivity contribution < 1.29 is 4.79 Å². The predicted octanol–water partition coefficient (Wildman–Crippen LogP) is 5.76. The highest BCUT2D eigenvalue weighted by atomic mass is 32.1. The van der Waals surface area contributed by atoms with Gasteiger partial charge in [0, 0.05) is 49.0 Å². The Bertz CT molecular complexity index is 1490. The second-order valence-electron chi connectivity index (χ2n) is 9.05. The second kappa shape index (κ2) is 11.2. The average molecular weight is 529 g/mol. The van der Waals surface area contributed by atoms with E-state index in [9.17, 15) is 4.79 Å². The molecule has 7 nitrogen and oxygen atoms in total. The molecule has 2 N–H and O–H groups in total. The van der Waals surface area contributed by atoms with Gasteiger partial charge < -0.3 is 10.6 Å². The fourth-order valence-corrected chi connectivity index (χ4v) is 5.39. The molecular formula is C28H28N6OS2. The first kappa shape index (κ1) is 25.0. The fraction of sp³-hybridized carbons (Fsp3) is 0.214. The molecule has 0 spiro atoms. The van der Waals surface area contributed by atoms with Crippen molar-refractivity contribution in [2.24, 2.45) is 7.05 Å². The Morgan fingerprint density at radius 1 is 1.08 bits per heavy atom. The molecule has 1 amide bonds. The van der Waals surface area contributed by atoms with E-state index in [1.807, 2.05) is 68.6 Å². The number of amides is 1. The highest BCUT2D eigenvalue weighted by Gasteiger charge is 2.17. The van der Waals surface area contributed by atoms with Crippen LogP contribution in [0.5, 0.6) is 0 Å². The minimum absolute atomic E-state index is 0.0851. The van der Waals surface area contributed by atoms with Crippen molar-refractivity contribution in [3.63, 3.8) is 0 Å². The van der Waals surface area contributed by atoms with Crippen LogP contribution in [0, 0.1) is 6.92 Å². The van der Waals surface area contributed by atoms with E-state index in [1.165, 1.54) is 11.5 Å². The van der Waals surface area contributed by atoms with Gasteiger partial charge in [-0.1, -0.05) is 12.1 Å². The third-order valence-electron chi connectivity index (χ3n) is 6.22. The van der Waals surface area contributed by atoms with Crippen LogP contribution in [-0.4, -0.2) is 25.0 Å². The Labute approximate surface area is 224 Å². The number of nitrogens with one attached hydrogen (secondary N) is 2. The molecule has 3 heterocycles. The SMILES string of the molecule is Cc1cc(CNCc2cscn2)ccc1C(=O)N[C@H](C)c1cc(-c2cnn(C)c2)cc(-c2ccns2)c1. The summed E-state index contributed by atoms with van der Waals surface area (Å²) in [5.74, 6) is -0.0851. The molecule has 37 heavy (non-hydrogen) atoms. The number of aromatic nitrogens is 4. The molecule has 0 radical (unpaired) electrons. The zero-order chi connectivity index (χ0) is 25.8. The number of nitrogens with zero attached hydrogens (tertiary/aromatic N) is 4. The standard InChI is InChI=1S/C28H28N6OS2/c1-18-8-20(12-29-14-25-16-36-17-30-25)4-5-26(18)28(35)33-19(2)21-9-22(24-13-31-34(3)15-24)11-23(10-21)27-6-7-32-37-27/h4-11,13,15-17,19,29H,12,14H2,1-3H3,(H,33,35)/t19-/m1/s1. The van der Waals surface area contributed by atoms with Crippen LogP contribution in [0.15, 0.2) is 71.9 Å². The molecule has 5 rings (SSSR count). The van der Waals surface area contributed by atoms with Crippen LogP contribution in [0.25, 0.3) is 21.6 Å². The van der Waals surface area contributed by atoms with Gasteiger partial charge in [0.1, 0.15) is 0 Å². The minimum atomic E-state index is -0.186. The molecule has 2 aromatic carbocycles. The normalized spacial score (nSPS) is 12.0. The van der Waals surface area contributed by atoms with E-state index in [-0.39, 0.29) is 11.9 Å². The number of carbonyl (C=O) groups excluding carboxylic acids is 1. The lowest BCUT2D eigenvalue weighted by Crippen LogP contribution is -2.27. The first-order chi connectivity index (χ1) is 18.0. The van der Waals surface area contributed by atoms with Crippen molar-refractivity contribution in [1.82, 2.24) is 29.8 Å². The summed E-state index contributed by atoms with van der Waals surface area (Å²) in [5.41, 5.74) is 9.83. The summed E-state index contributed by atoms with van der Waals surface area (Å²) in [4.78, 5) is 18.6. The van der Waals surface area contributed by atoms with Crippen LogP contribution >= 0.6 is 22.9 Å². The Balaban J connectivity index is 1.31. The summed E-state index contributed by atoms with van der Waals surface area (Å²) in [6.07, 6.45) is 5.66. The average Bonchev–Trinajstić information content (AvgIpc) is 3.67. The molecule has 0 bridgehead atoms. The zero-order valence-electron chi connectivity index (χ0n) is 20.9. The molecule has 0 aliphatic heterocycles. The Morgan fingerprint density at radius 2 is 1.95 bits per heavy atom. The Kier molecular flexibility index (Phi) is 7.55. The van der Waals surface area contributed by atoms with Gasteiger partial charge in [0.2, 0.25) is 0 Å². The maximum Gasteiger partial charge on any atom is 0.252 e. The van der Waals surface area contributed by atoms with Crippen molar-refractivity contribution in [3.05, 3.63) is 99.9 Å². The highest BCUT2D eigenvalue weighted by molar-refractivity contribution is 7.09. The Hall–Kier alpha value is -3.66. The van der Waals surface area contributed by atoms with Gasteiger partial charge in [-0.25, -0.2) is 9.36 Å². The van der Waals surface area contributed by atoms with Gasteiger partial charge in [-0.3, -0.25) is 9.48 Å². The summed E-state index contributed by atoms with van der Waals surface area (Å²) >= 11 is 3.05. The van der Waals surface area contributed by atoms with Crippen molar-refractivity contribution >= 4 is 28.8 Å². The first-order valence-electron chi connectivity index (χ1n) is 12.0. The summed E-state index contributed by atoms with van der Waals surface area (Å²) in [6.45, 7) is 5.44. The van der Waals surface area contributed by atoms with Gasteiger partial charge in [0.05, 0.1) is 28.3 Å². The molecule has 9 heteroatoms. The molecule has 0 saturated carbocycles.